The molecule has 0 aliphatic carbocycles. The van der Waals surface area contributed by atoms with Crippen LogP contribution in [0.1, 0.15) is 5.56 Å². The number of fused-ring (bicyclic) bond motifs is 1. The van der Waals surface area contributed by atoms with Gasteiger partial charge in [0.2, 0.25) is 0 Å². The van der Waals surface area contributed by atoms with Gasteiger partial charge in [-0.2, -0.15) is 8.42 Å². The SMILES string of the molecule is Cc1cccc2c(N)ccc(S(=O)(=O)O)c12. The van der Waals surface area contributed by atoms with Gasteiger partial charge in [-0.1, -0.05) is 18.2 Å². The molecular formula is C11H11NO3S. The predicted octanol–water partition coefficient (Wildman–Crippen LogP) is 1.98. The summed E-state index contributed by atoms with van der Waals surface area (Å²) in [5, 5.41) is 1.11. The van der Waals surface area contributed by atoms with E-state index >= 15 is 0 Å². The highest BCUT2D eigenvalue weighted by atomic mass is 32.2. The third-order valence-corrected chi connectivity index (χ3v) is 3.42. The lowest BCUT2D eigenvalue weighted by atomic mass is 10.0. The molecule has 0 atom stereocenters. The van der Waals surface area contributed by atoms with Gasteiger partial charge < -0.3 is 5.73 Å². The molecule has 0 saturated carbocycles. The molecule has 84 valence electrons. The van der Waals surface area contributed by atoms with Crippen molar-refractivity contribution >= 4 is 26.6 Å². The maximum atomic E-state index is 11.2. The van der Waals surface area contributed by atoms with E-state index in [1.54, 1.807) is 25.1 Å². The van der Waals surface area contributed by atoms with Crippen molar-refractivity contribution in [2.45, 2.75) is 11.8 Å². The number of hydrogen-bond donors (Lipinski definition) is 2. The number of aryl methyl sites for hydroxylation is 1. The lowest BCUT2D eigenvalue weighted by Gasteiger charge is -2.08. The highest BCUT2D eigenvalue weighted by Gasteiger charge is 2.16. The average molecular weight is 237 g/mol. The van der Waals surface area contributed by atoms with E-state index in [2.05, 4.69) is 0 Å². The molecule has 0 unspecified atom stereocenters. The van der Waals surface area contributed by atoms with E-state index in [1.807, 2.05) is 0 Å². The maximum Gasteiger partial charge on any atom is 0.295 e. The third-order valence-electron chi connectivity index (χ3n) is 2.52. The Kier molecular flexibility index (Phi) is 2.36. The Morgan fingerprint density at radius 2 is 1.88 bits per heavy atom. The Morgan fingerprint density at radius 3 is 2.50 bits per heavy atom. The second-order valence-electron chi connectivity index (χ2n) is 3.63. The van der Waals surface area contributed by atoms with Crippen LogP contribution in [0.5, 0.6) is 0 Å². The molecule has 0 saturated heterocycles. The molecule has 0 amide bonds. The quantitative estimate of drug-likeness (QED) is 0.587. The second-order valence-corrected chi connectivity index (χ2v) is 5.02. The standard InChI is InChI=1S/C11H11NO3S/c1-7-3-2-4-8-9(12)5-6-10(11(7)8)16(13,14)15/h2-6H,12H2,1H3,(H,13,14,15). The molecule has 0 aliphatic rings. The first-order valence-electron chi connectivity index (χ1n) is 4.66. The van der Waals surface area contributed by atoms with E-state index < -0.39 is 10.1 Å². The van der Waals surface area contributed by atoms with Crippen LogP contribution in [-0.4, -0.2) is 13.0 Å². The molecule has 0 aliphatic heterocycles. The minimum atomic E-state index is -4.22. The minimum absolute atomic E-state index is 0.102. The Labute approximate surface area is 93.4 Å². The summed E-state index contributed by atoms with van der Waals surface area (Å²) < 4.78 is 31.6. The zero-order valence-electron chi connectivity index (χ0n) is 8.64. The molecule has 5 heteroatoms. The number of hydrogen-bond acceptors (Lipinski definition) is 3. The van der Waals surface area contributed by atoms with Crippen LogP contribution in [-0.2, 0) is 10.1 Å². The monoisotopic (exact) mass is 237 g/mol. The fraction of sp³-hybridized carbons (Fsp3) is 0.0909. The van der Waals surface area contributed by atoms with Crippen LogP contribution in [0.15, 0.2) is 35.2 Å². The molecule has 0 bridgehead atoms. The van der Waals surface area contributed by atoms with E-state index in [1.165, 1.54) is 12.1 Å². The zero-order valence-corrected chi connectivity index (χ0v) is 9.45. The number of nitrogens with two attached hydrogens (primary N) is 1. The van der Waals surface area contributed by atoms with E-state index in [-0.39, 0.29) is 4.90 Å². The summed E-state index contributed by atoms with van der Waals surface area (Å²) in [5.41, 5.74) is 7.01. The number of rotatable bonds is 1. The smallest absolute Gasteiger partial charge is 0.295 e. The molecule has 2 rings (SSSR count). The lowest BCUT2D eigenvalue weighted by molar-refractivity contribution is 0.484. The summed E-state index contributed by atoms with van der Waals surface area (Å²) in [7, 11) is -4.22. The van der Waals surface area contributed by atoms with Gasteiger partial charge in [0.15, 0.2) is 0 Å². The summed E-state index contributed by atoms with van der Waals surface area (Å²) >= 11 is 0. The summed E-state index contributed by atoms with van der Waals surface area (Å²) in [6.07, 6.45) is 0. The van der Waals surface area contributed by atoms with Crippen molar-refractivity contribution in [2.75, 3.05) is 5.73 Å². The molecule has 16 heavy (non-hydrogen) atoms. The Morgan fingerprint density at radius 1 is 1.19 bits per heavy atom. The van der Waals surface area contributed by atoms with Crippen molar-refractivity contribution in [2.24, 2.45) is 0 Å². The molecule has 2 aromatic carbocycles. The summed E-state index contributed by atoms with van der Waals surface area (Å²) in [6, 6.07) is 8.09. The Balaban J connectivity index is 3.04. The fourth-order valence-electron chi connectivity index (χ4n) is 1.79. The molecule has 0 fully saturated rings. The zero-order chi connectivity index (χ0) is 11.9. The molecular weight excluding hydrogens is 226 g/mol. The first-order valence-corrected chi connectivity index (χ1v) is 6.10. The molecule has 0 aromatic heterocycles. The van der Waals surface area contributed by atoms with Crippen LogP contribution in [0.3, 0.4) is 0 Å². The third kappa shape index (κ3) is 1.64. The van der Waals surface area contributed by atoms with Crippen LogP contribution in [0, 0.1) is 6.92 Å². The van der Waals surface area contributed by atoms with E-state index in [4.69, 9.17) is 10.3 Å². The first kappa shape index (κ1) is 10.9. The van der Waals surface area contributed by atoms with E-state index in [0.717, 1.165) is 5.56 Å². The van der Waals surface area contributed by atoms with Gasteiger partial charge in [-0.3, -0.25) is 4.55 Å². The van der Waals surface area contributed by atoms with Crippen LogP contribution < -0.4 is 5.73 Å². The van der Waals surface area contributed by atoms with Crippen molar-refractivity contribution in [1.82, 2.24) is 0 Å². The maximum absolute atomic E-state index is 11.2. The second kappa shape index (κ2) is 3.47. The van der Waals surface area contributed by atoms with Crippen LogP contribution in [0.25, 0.3) is 10.8 Å². The molecule has 0 heterocycles. The summed E-state index contributed by atoms with van der Waals surface area (Å²) in [5.74, 6) is 0. The van der Waals surface area contributed by atoms with Crippen molar-refractivity contribution in [3.63, 3.8) is 0 Å². The van der Waals surface area contributed by atoms with Gasteiger partial charge in [-0.05, 0) is 24.6 Å². The number of anilines is 1. The van der Waals surface area contributed by atoms with E-state index in [0.29, 0.717) is 16.5 Å². The van der Waals surface area contributed by atoms with Gasteiger partial charge in [0.1, 0.15) is 4.90 Å². The minimum Gasteiger partial charge on any atom is -0.398 e. The average Bonchev–Trinajstić information content (AvgIpc) is 2.18. The van der Waals surface area contributed by atoms with Gasteiger partial charge in [0.25, 0.3) is 10.1 Å². The van der Waals surface area contributed by atoms with Crippen LogP contribution in [0.4, 0.5) is 5.69 Å². The van der Waals surface area contributed by atoms with Crippen molar-refractivity contribution in [1.29, 1.82) is 0 Å². The summed E-state index contributed by atoms with van der Waals surface area (Å²) in [6.45, 7) is 1.77. The lowest BCUT2D eigenvalue weighted by Crippen LogP contribution is -2.01. The van der Waals surface area contributed by atoms with Gasteiger partial charge in [0, 0.05) is 16.5 Å². The number of nitrogen functional groups attached to an aromatic ring is 1. The highest BCUT2D eigenvalue weighted by molar-refractivity contribution is 7.86. The first-order chi connectivity index (χ1) is 7.41. The van der Waals surface area contributed by atoms with Gasteiger partial charge in [0.05, 0.1) is 0 Å². The molecule has 0 spiro atoms. The van der Waals surface area contributed by atoms with Crippen LogP contribution in [0.2, 0.25) is 0 Å². The fourth-order valence-corrected chi connectivity index (χ4v) is 2.56. The van der Waals surface area contributed by atoms with Crippen LogP contribution >= 0.6 is 0 Å². The molecule has 2 aromatic rings. The van der Waals surface area contributed by atoms with Crippen molar-refractivity contribution in [3.05, 3.63) is 35.9 Å². The largest absolute Gasteiger partial charge is 0.398 e. The molecule has 4 nitrogen and oxygen atoms in total. The van der Waals surface area contributed by atoms with Gasteiger partial charge in [-0.25, -0.2) is 0 Å². The number of benzene rings is 2. The van der Waals surface area contributed by atoms with Gasteiger partial charge in [-0.15, -0.1) is 0 Å². The Hall–Kier alpha value is -1.59. The topological polar surface area (TPSA) is 80.4 Å². The van der Waals surface area contributed by atoms with Crippen molar-refractivity contribution in [3.8, 4) is 0 Å². The van der Waals surface area contributed by atoms with Gasteiger partial charge >= 0.3 is 0 Å². The summed E-state index contributed by atoms with van der Waals surface area (Å²) in [4.78, 5) is -0.102. The highest BCUT2D eigenvalue weighted by Crippen LogP contribution is 2.30. The molecule has 0 radical (unpaired) electrons. The molecule has 3 N–H and O–H groups in total. The Bertz CT molecular complexity index is 662. The van der Waals surface area contributed by atoms with Crippen molar-refractivity contribution < 1.29 is 13.0 Å². The predicted molar refractivity (Wildman–Crippen MR) is 62.9 cm³/mol. The van der Waals surface area contributed by atoms with E-state index in [9.17, 15) is 8.42 Å². The normalized spacial score (nSPS) is 11.9.